The van der Waals surface area contributed by atoms with E-state index in [0.29, 0.717) is 27.8 Å². The first-order valence-electron chi connectivity index (χ1n) is 9.13. The summed E-state index contributed by atoms with van der Waals surface area (Å²) in [5, 5.41) is 19.3. The number of hydrogen-bond donors (Lipinski definition) is 1. The van der Waals surface area contributed by atoms with Crippen molar-refractivity contribution in [2.45, 2.75) is 31.5 Å². The summed E-state index contributed by atoms with van der Waals surface area (Å²) in [7, 11) is 0. The molecule has 1 atom stereocenters. The summed E-state index contributed by atoms with van der Waals surface area (Å²) in [4.78, 5) is 19.9. The van der Waals surface area contributed by atoms with Gasteiger partial charge in [-0.15, -0.1) is 23.2 Å². The molecule has 0 bridgehead atoms. The maximum Gasteiger partial charge on any atom is 0.269 e. The number of aromatic nitrogens is 4. The average Bonchev–Trinajstić information content (AvgIpc) is 3.42. The SMILES string of the molecule is CC1=C(c2nc(CCl)no2)C(c2cccc([N+](=O)[O-])c2)C(c2nc(CCl)ns2)=C(C)N1. The molecule has 0 saturated heterocycles. The standard InChI is InChI=1S/C19H16Cl2N6O3S/c1-9-15(18-23-13(7-20)25-30-18)17(11-4-3-5-12(6-11)27(28)29)16(10(2)22-9)19-24-14(8-21)26-31-19/h3-6,17,22H,7-8H2,1-2H3. The van der Waals surface area contributed by atoms with Gasteiger partial charge in [0.25, 0.3) is 11.6 Å². The first-order chi connectivity index (χ1) is 14.9. The largest absolute Gasteiger partial charge is 0.362 e. The lowest BCUT2D eigenvalue weighted by Gasteiger charge is -2.30. The highest BCUT2D eigenvalue weighted by molar-refractivity contribution is 7.06. The van der Waals surface area contributed by atoms with Gasteiger partial charge in [-0.3, -0.25) is 10.1 Å². The molecule has 31 heavy (non-hydrogen) atoms. The molecule has 1 aromatic carbocycles. The van der Waals surface area contributed by atoms with Gasteiger partial charge >= 0.3 is 0 Å². The van der Waals surface area contributed by atoms with Crippen molar-refractivity contribution in [2.24, 2.45) is 0 Å². The van der Waals surface area contributed by atoms with Crippen LogP contribution in [-0.4, -0.2) is 24.4 Å². The van der Waals surface area contributed by atoms with Crippen LogP contribution in [0.25, 0.3) is 11.1 Å². The van der Waals surface area contributed by atoms with Crippen molar-refractivity contribution in [1.29, 1.82) is 0 Å². The van der Waals surface area contributed by atoms with E-state index in [2.05, 4.69) is 24.8 Å². The number of halogens is 2. The van der Waals surface area contributed by atoms with E-state index in [1.54, 1.807) is 12.1 Å². The second-order valence-corrected chi connectivity index (χ2v) is 8.07. The van der Waals surface area contributed by atoms with Gasteiger partial charge in [-0.1, -0.05) is 17.3 Å². The molecule has 3 heterocycles. The summed E-state index contributed by atoms with van der Waals surface area (Å²) in [5.74, 6) is 0.965. The molecule has 12 heteroatoms. The van der Waals surface area contributed by atoms with Crippen LogP contribution >= 0.6 is 34.7 Å². The van der Waals surface area contributed by atoms with E-state index in [4.69, 9.17) is 27.7 Å². The molecule has 0 radical (unpaired) electrons. The van der Waals surface area contributed by atoms with Crippen LogP contribution in [0, 0.1) is 10.1 Å². The van der Waals surface area contributed by atoms with Crippen LogP contribution in [0.1, 0.15) is 47.9 Å². The summed E-state index contributed by atoms with van der Waals surface area (Å²) >= 11 is 13.0. The Kier molecular flexibility index (Phi) is 6.03. The van der Waals surface area contributed by atoms with Gasteiger partial charge in [-0.25, -0.2) is 4.98 Å². The second kappa shape index (κ2) is 8.74. The number of rotatable bonds is 6. The molecule has 0 saturated carbocycles. The van der Waals surface area contributed by atoms with Crippen molar-refractivity contribution in [3.63, 3.8) is 0 Å². The van der Waals surface area contributed by atoms with Gasteiger partial charge in [0.15, 0.2) is 11.6 Å². The highest BCUT2D eigenvalue weighted by Gasteiger charge is 2.36. The number of dihydropyridines is 1. The lowest BCUT2D eigenvalue weighted by atomic mass is 9.80. The highest BCUT2D eigenvalue weighted by Crippen LogP contribution is 2.47. The Morgan fingerprint density at radius 3 is 2.55 bits per heavy atom. The molecule has 2 aromatic heterocycles. The van der Waals surface area contributed by atoms with E-state index in [0.717, 1.165) is 17.0 Å². The lowest BCUT2D eigenvalue weighted by Crippen LogP contribution is -2.23. The van der Waals surface area contributed by atoms with Gasteiger partial charge in [0.1, 0.15) is 5.01 Å². The fourth-order valence-corrected chi connectivity index (χ4v) is 4.66. The van der Waals surface area contributed by atoms with Gasteiger partial charge in [0, 0.05) is 40.6 Å². The van der Waals surface area contributed by atoms with Gasteiger partial charge in [0.05, 0.1) is 16.7 Å². The van der Waals surface area contributed by atoms with Crippen molar-refractivity contribution in [3.05, 3.63) is 73.9 Å². The number of allylic oxidation sites excluding steroid dienone is 4. The molecular weight excluding hydrogens is 463 g/mol. The minimum absolute atomic E-state index is 0.0178. The quantitative estimate of drug-likeness (QED) is 0.303. The lowest BCUT2D eigenvalue weighted by molar-refractivity contribution is -0.384. The third-order valence-electron chi connectivity index (χ3n) is 4.81. The Morgan fingerprint density at radius 2 is 1.90 bits per heavy atom. The van der Waals surface area contributed by atoms with Gasteiger partial charge < -0.3 is 9.84 Å². The predicted molar refractivity (Wildman–Crippen MR) is 117 cm³/mol. The van der Waals surface area contributed by atoms with Crippen LogP contribution in [0.15, 0.2) is 40.2 Å². The molecule has 160 valence electrons. The molecule has 0 fully saturated rings. The molecule has 1 aliphatic heterocycles. The summed E-state index contributed by atoms with van der Waals surface area (Å²) < 4.78 is 9.78. The molecule has 9 nitrogen and oxygen atoms in total. The molecule has 0 amide bonds. The monoisotopic (exact) mass is 478 g/mol. The first kappa shape index (κ1) is 21.4. The van der Waals surface area contributed by atoms with Gasteiger partial charge in [-0.2, -0.15) is 9.36 Å². The fourth-order valence-electron chi connectivity index (χ4n) is 3.55. The van der Waals surface area contributed by atoms with Crippen molar-refractivity contribution in [3.8, 4) is 0 Å². The van der Waals surface area contributed by atoms with Crippen molar-refractivity contribution >= 4 is 51.6 Å². The van der Waals surface area contributed by atoms with E-state index >= 15 is 0 Å². The number of non-ortho nitro benzene ring substituents is 1. The Bertz CT molecular complexity index is 1150. The Hall–Kier alpha value is -2.82. The van der Waals surface area contributed by atoms with E-state index in [1.807, 2.05) is 19.9 Å². The van der Waals surface area contributed by atoms with E-state index in [9.17, 15) is 10.1 Å². The third-order valence-corrected chi connectivity index (χ3v) is 6.08. The Morgan fingerprint density at radius 1 is 1.16 bits per heavy atom. The summed E-state index contributed by atoms with van der Waals surface area (Å²) in [5.41, 5.74) is 3.79. The Balaban J connectivity index is 1.94. The van der Waals surface area contributed by atoms with Crippen LogP contribution in [-0.2, 0) is 11.8 Å². The molecule has 3 aromatic rings. The number of nitro groups is 1. The zero-order valence-electron chi connectivity index (χ0n) is 16.4. The minimum Gasteiger partial charge on any atom is -0.362 e. The molecule has 1 unspecified atom stereocenters. The van der Waals surface area contributed by atoms with Crippen molar-refractivity contribution in [1.82, 2.24) is 24.8 Å². The predicted octanol–water partition coefficient (Wildman–Crippen LogP) is 4.86. The fraction of sp³-hybridized carbons (Fsp3) is 0.263. The van der Waals surface area contributed by atoms with E-state index in [1.165, 1.54) is 17.6 Å². The third kappa shape index (κ3) is 4.06. The number of alkyl halides is 2. The maximum absolute atomic E-state index is 11.4. The number of nitro benzene ring substituents is 1. The summed E-state index contributed by atoms with van der Waals surface area (Å²) in [6.45, 7) is 3.80. The number of hydrogen-bond acceptors (Lipinski definition) is 9. The van der Waals surface area contributed by atoms with Crippen LogP contribution in [0.2, 0.25) is 0 Å². The zero-order valence-corrected chi connectivity index (χ0v) is 18.8. The minimum atomic E-state index is -0.457. The van der Waals surface area contributed by atoms with Gasteiger partial charge in [0.2, 0.25) is 0 Å². The molecule has 0 spiro atoms. The summed E-state index contributed by atoms with van der Waals surface area (Å²) in [6.07, 6.45) is 0. The van der Waals surface area contributed by atoms with E-state index in [-0.39, 0.29) is 23.3 Å². The van der Waals surface area contributed by atoms with Crippen LogP contribution in [0.4, 0.5) is 5.69 Å². The zero-order chi connectivity index (χ0) is 22.1. The van der Waals surface area contributed by atoms with Crippen molar-refractivity contribution in [2.75, 3.05) is 0 Å². The second-order valence-electron chi connectivity index (χ2n) is 6.79. The number of benzene rings is 1. The van der Waals surface area contributed by atoms with Gasteiger partial charge in [-0.05, 0) is 30.9 Å². The van der Waals surface area contributed by atoms with Crippen LogP contribution in [0.3, 0.4) is 0 Å². The normalized spacial score (nSPS) is 16.6. The number of nitrogens with zero attached hydrogens (tertiary/aromatic N) is 5. The van der Waals surface area contributed by atoms with E-state index < -0.39 is 10.8 Å². The average molecular weight is 479 g/mol. The van der Waals surface area contributed by atoms with Crippen molar-refractivity contribution < 1.29 is 9.45 Å². The number of nitrogens with one attached hydrogen (secondary N) is 1. The first-order valence-corrected chi connectivity index (χ1v) is 11.0. The smallest absolute Gasteiger partial charge is 0.269 e. The summed E-state index contributed by atoms with van der Waals surface area (Å²) in [6, 6.07) is 6.47. The topological polar surface area (TPSA) is 120 Å². The Labute approximate surface area is 191 Å². The maximum atomic E-state index is 11.4. The molecule has 0 aliphatic carbocycles. The molecular formula is C19H16Cl2N6O3S. The molecule has 1 aliphatic rings. The highest BCUT2D eigenvalue weighted by atomic mass is 35.5. The molecule has 4 rings (SSSR count). The van der Waals surface area contributed by atoms with Crippen LogP contribution < -0.4 is 5.32 Å². The molecule has 1 N–H and O–H groups in total. The van der Waals surface area contributed by atoms with Crippen LogP contribution in [0.5, 0.6) is 0 Å².